The number of hydrogen-bond acceptors (Lipinski definition) is 3. The molecule has 0 N–H and O–H groups in total. The Kier molecular flexibility index (Phi) is 4.39. The molecule has 0 aliphatic carbocycles. The van der Waals surface area contributed by atoms with Gasteiger partial charge in [0.05, 0.1) is 6.61 Å². The second-order valence-corrected chi connectivity index (χ2v) is 3.95. The minimum Gasteiger partial charge on any atom is -0.465 e. The van der Waals surface area contributed by atoms with E-state index in [1.54, 1.807) is 0 Å². The molecule has 0 radical (unpaired) electrons. The molecule has 0 aromatic heterocycles. The monoisotopic (exact) mass is 199 g/mol. The van der Waals surface area contributed by atoms with E-state index in [9.17, 15) is 4.79 Å². The van der Waals surface area contributed by atoms with Crippen molar-refractivity contribution in [2.24, 2.45) is 0 Å². The molecule has 1 heterocycles. The second-order valence-electron chi connectivity index (χ2n) is 3.95. The zero-order valence-corrected chi connectivity index (χ0v) is 9.45. The third kappa shape index (κ3) is 2.47. The third-order valence-electron chi connectivity index (χ3n) is 3.02. The van der Waals surface area contributed by atoms with Gasteiger partial charge < -0.3 is 4.74 Å². The molecule has 3 nitrogen and oxygen atoms in total. The normalized spacial score (nSPS) is 27.9. The van der Waals surface area contributed by atoms with Gasteiger partial charge in [0.1, 0.15) is 6.04 Å². The molecule has 1 saturated heterocycles. The zero-order valence-electron chi connectivity index (χ0n) is 9.45. The maximum absolute atomic E-state index is 11.5. The van der Waals surface area contributed by atoms with Crippen molar-refractivity contribution < 1.29 is 9.53 Å². The van der Waals surface area contributed by atoms with Crippen LogP contribution >= 0.6 is 0 Å². The quantitative estimate of drug-likeness (QED) is 0.647. The van der Waals surface area contributed by atoms with Gasteiger partial charge in [0, 0.05) is 6.04 Å². The number of likely N-dealkylation sites (N-methyl/N-ethyl adjacent to an activating group) is 1. The summed E-state index contributed by atoms with van der Waals surface area (Å²) in [7, 11) is 2.04. The van der Waals surface area contributed by atoms with Crippen molar-refractivity contribution in [1.82, 2.24) is 4.90 Å². The first-order valence-corrected chi connectivity index (χ1v) is 5.59. The van der Waals surface area contributed by atoms with Crippen LogP contribution in [-0.4, -0.2) is 36.6 Å². The fraction of sp³-hybridized carbons (Fsp3) is 0.909. The lowest BCUT2D eigenvalue weighted by Crippen LogP contribution is -2.38. The van der Waals surface area contributed by atoms with E-state index >= 15 is 0 Å². The molecule has 0 amide bonds. The summed E-state index contributed by atoms with van der Waals surface area (Å²) >= 11 is 0. The van der Waals surface area contributed by atoms with Gasteiger partial charge in [0.25, 0.3) is 0 Å². The molecule has 2 unspecified atom stereocenters. The van der Waals surface area contributed by atoms with Crippen molar-refractivity contribution in [3.8, 4) is 0 Å². The largest absolute Gasteiger partial charge is 0.465 e. The topological polar surface area (TPSA) is 29.5 Å². The molecule has 0 spiro atoms. The highest BCUT2D eigenvalue weighted by atomic mass is 16.5. The smallest absolute Gasteiger partial charge is 0.323 e. The van der Waals surface area contributed by atoms with E-state index in [0.29, 0.717) is 12.6 Å². The van der Waals surface area contributed by atoms with E-state index in [2.05, 4.69) is 11.8 Å². The number of carbonyl (C=O) groups excluding carboxylic acids is 1. The number of likely N-dealkylation sites (tertiary alicyclic amines) is 1. The predicted molar refractivity (Wildman–Crippen MR) is 56.1 cm³/mol. The average Bonchev–Trinajstić information content (AvgIpc) is 2.49. The summed E-state index contributed by atoms with van der Waals surface area (Å²) in [4.78, 5) is 13.7. The SMILES string of the molecule is CCCC1CCC(C(=O)OCC)N1C. The molecule has 3 heteroatoms. The van der Waals surface area contributed by atoms with Gasteiger partial charge in [0.15, 0.2) is 0 Å². The number of rotatable bonds is 4. The fourth-order valence-corrected chi connectivity index (χ4v) is 2.22. The van der Waals surface area contributed by atoms with E-state index < -0.39 is 0 Å². The van der Waals surface area contributed by atoms with Gasteiger partial charge in [-0.1, -0.05) is 13.3 Å². The fourth-order valence-electron chi connectivity index (χ4n) is 2.22. The minimum absolute atomic E-state index is 0.00602. The lowest BCUT2D eigenvalue weighted by Gasteiger charge is -2.23. The van der Waals surface area contributed by atoms with Gasteiger partial charge in [0.2, 0.25) is 0 Å². The molecular weight excluding hydrogens is 178 g/mol. The molecule has 1 aliphatic rings. The van der Waals surface area contributed by atoms with Crippen LogP contribution in [0.25, 0.3) is 0 Å². The van der Waals surface area contributed by atoms with Gasteiger partial charge in [-0.3, -0.25) is 9.69 Å². The molecule has 1 fully saturated rings. The maximum Gasteiger partial charge on any atom is 0.323 e. The van der Waals surface area contributed by atoms with Crippen LogP contribution in [0.15, 0.2) is 0 Å². The second kappa shape index (κ2) is 5.35. The van der Waals surface area contributed by atoms with E-state index in [0.717, 1.165) is 12.8 Å². The average molecular weight is 199 g/mol. The summed E-state index contributed by atoms with van der Waals surface area (Å²) in [5, 5.41) is 0. The van der Waals surface area contributed by atoms with Crippen molar-refractivity contribution >= 4 is 5.97 Å². The van der Waals surface area contributed by atoms with Crippen LogP contribution in [0, 0.1) is 0 Å². The molecule has 2 atom stereocenters. The highest BCUT2D eigenvalue weighted by molar-refractivity contribution is 5.76. The molecule has 0 aromatic rings. The van der Waals surface area contributed by atoms with Gasteiger partial charge in [-0.15, -0.1) is 0 Å². The number of hydrogen-bond donors (Lipinski definition) is 0. The highest BCUT2D eigenvalue weighted by Crippen LogP contribution is 2.25. The summed E-state index contributed by atoms with van der Waals surface area (Å²) in [5.41, 5.74) is 0. The van der Waals surface area contributed by atoms with Gasteiger partial charge >= 0.3 is 5.97 Å². The van der Waals surface area contributed by atoms with Gasteiger partial charge in [-0.05, 0) is 33.2 Å². The predicted octanol–water partition coefficient (Wildman–Crippen LogP) is 1.81. The Bertz CT molecular complexity index is 194. The molecule has 1 aliphatic heterocycles. The van der Waals surface area contributed by atoms with Crippen molar-refractivity contribution in [3.63, 3.8) is 0 Å². The van der Waals surface area contributed by atoms with Gasteiger partial charge in [-0.25, -0.2) is 0 Å². The van der Waals surface area contributed by atoms with Crippen LogP contribution in [0.4, 0.5) is 0 Å². The van der Waals surface area contributed by atoms with Crippen LogP contribution < -0.4 is 0 Å². The zero-order chi connectivity index (χ0) is 10.6. The number of nitrogens with zero attached hydrogens (tertiary/aromatic N) is 1. The van der Waals surface area contributed by atoms with Crippen LogP contribution in [0.3, 0.4) is 0 Å². The Morgan fingerprint density at radius 3 is 2.71 bits per heavy atom. The molecule has 0 bridgehead atoms. The molecule has 82 valence electrons. The lowest BCUT2D eigenvalue weighted by atomic mass is 10.1. The first-order valence-electron chi connectivity index (χ1n) is 5.59. The Hall–Kier alpha value is -0.570. The minimum atomic E-state index is -0.0476. The van der Waals surface area contributed by atoms with Crippen molar-refractivity contribution in [1.29, 1.82) is 0 Å². The van der Waals surface area contributed by atoms with E-state index in [-0.39, 0.29) is 12.0 Å². The molecule has 14 heavy (non-hydrogen) atoms. The summed E-state index contributed by atoms with van der Waals surface area (Å²) in [6.45, 7) is 4.53. The van der Waals surface area contributed by atoms with Crippen LogP contribution in [0.1, 0.15) is 39.5 Å². The highest BCUT2D eigenvalue weighted by Gasteiger charge is 2.35. The Morgan fingerprint density at radius 2 is 2.14 bits per heavy atom. The molecule has 1 rings (SSSR count). The molecule has 0 saturated carbocycles. The summed E-state index contributed by atoms with van der Waals surface area (Å²) < 4.78 is 5.04. The molecular formula is C11H21NO2. The lowest BCUT2D eigenvalue weighted by molar-refractivity contribution is -0.148. The first-order chi connectivity index (χ1) is 6.70. The van der Waals surface area contributed by atoms with Crippen molar-refractivity contribution in [3.05, 3.63) is 0 Å². The van der Waals surface area contributed by atoms with Crippen molar-refractivity contribution in [2.75, 3.05) is 13.7 Å². The number of ether oxygens (including phenoxy) is 1. The Balaban J connectivity index is 2.46. The third-order valence-corrected chi connectivity index (χ3v) is 3.02. The van der Waals surface area contributed by atoms with E-state index in [4.69, 9.17) is 4.74 Å². The molecule has 0 aromatic carbocycles. The number of carbonyl (C=O) groups is 1. The summed E-state index contributed by atoms with van der Waals surface area (Å²) in [5.74, 6) is -0.0476. The maximum atomic E-state index is 11.5. The Labute approximate surface area is 86.4 Å². The van der Waals surface area contributed by atoms with Crippen LogP contribution in [0.2, 0.25) is 0 Å². The number of esters is 1. The van der Waals surface area contributed by atoms with Crippen LogP contribution in [-0.2, 0) is 9.53 Å². The van der Waals surface area contributed by atoms with E-state index in [1.807, 2.05) is 14.0 Å². The van der Waals surface area contributed by atoms with E-state index in [1.165, 1.54) is 12.8 Å². The van der Waals surface area contributed by atoms with Crippen molar-refractivity contribution in [2.45, 2.75) is 51.6 Å². The Morgan fingerprint density at radius 1 is 1.43 bits per heavy atom. The van der Waals surface area contributed by atoms with Gasteiger partial charge in [-0.2, -0.15) is 0 Å². The summed E-state index contributed by atoms with van der Waals surface area (Å²) in [6, 6.07) is 0.584. The first kappa shape index (κ1) is 11.5. The van der Waals surface area contributed by atoms with Crippen LogP contribution in [0.5, 0.6) is 0 Å². The standard InChI is InChI=1S/C11H21NO2/c1-4-6-9-7-8-10(12(9)3)11(13)14-5-2/h9-10H,4-8H2,1-3H3. The summed E-state index contributed by atoms with van der Waals surface area (Å²) in [6.07, 6.45) is 4.46.